The van der Waals surface area contributed by atoms with Crippen molar-refractivity contribution in [3.05, 3.63) is 0 Å². The topological polar surface area (TPSA) is 75.3 Å². The maximum Gasteiger partial charge on any atom is 0.238 e. The van der Waals surface area contributed by atoms with E-state index in [4.69, 9.17) is 0 Å². The second kappa shape index (κ2) is 6.96. The third-order valence-electron chi connectivity index (χ3n) is 2.38. The Morgan fingerprint density at radius 2 is 1.76 bits per heavy atom. The van der Waals surface area contributed by atoms with Crippen molar-refractivity contribution in [3.63, 3.8) is 0 Å². The van der Waals surface area contributed by atoms with E-state index in [1.165, 1.54) is 0 Å². The fourth-order valence-corrected chi connectivity index (χ4v) is 2.10. The van der Waals surface area contributed by atoms with E-state index in [9.17, 15) is 13.2 Å². The average molecular weight is 264 g/mol. The monoisotopic (exact) mass is 264 g/mol. The molecule has 0 aromatic carbocycles. The van der Waals surface area contributed by atoms with E-state index in [1.54, 1.807) is 0 Å². The number of carbonyl (C=O) groups excluding carboxylic acids is 1. The Labute approximate surface area is 104 Å². The number of hydrogen-bond donors (Lipinski definition) is 2. The van der Waals surface area contributed by atoms with Gasteiger partial charge in [-0.25, -0.2) is 13.1 Å². The van der Waals surface area contributed by atoms with Gasteiger partial charge < -0.3 is 5.32 Å². The van der Waals surface area contributed by atoms with Crippen molar-refractivity contribution in [2.75, 3.05) is 6.26 Å². The zero-order chi connectivity index (χ0) is 13.6. The Balaban J connectivity index is 4.62. The Morgan fingerprint density at radius 3 is 2.12 bits per heavy atom. The summed E-state index contributed by atoms with van der Waals surface area (Å²) < 4.78 is 24.8. The quantitative estimate of drug-likeness (QED) is 0.716. The molecule has 1 amide bonds. The summed E-state index contributed by atoms with van der Waals surface area (Å²) in [5.74, 6) is -0.00425. The van der Waals surface area contributed by atoms with Gasteiger partial charge >= 0.3 is 0 Å². The van der Waals surface area contributed by atoms with Gasteiger partial charge in [-0.15, -0.1) is 0 Å². The molecule has 17 heavy (non-hydrogen) atoms. The molecular formula is C11H24N2O3S. The summed E-state index contributed by atoms with van der Waals surface area (Å²) in [4.78, 5) is 11.9. The summed E-state index contributed by atoms with van der Waals surface area (Å²) in [6.45, 7) is 7.76. The number of nitrogens with one attached hydrogen (secondary N) is 2. The zero-order valence-electron chi connectivity index (χ0n) is 11.3. The summed E-state index contributed by atoms with van der Waals surface area (Å²) in [7, 11) is -3.37. The third-order valence-corrected chi connectivity index (χ3v) is 3.09. The van der Waals surface area contributed by atoms with Crippen molar-refractivity contribution in [3.8, 4) is 0 Å². The van der Waals surface area contributed by atoms with Crippen molar-refractivity contribution in [2.24, 2.45) is 5.92 Å². The second-order valence-corrected chi connectivity index (χ2v) is 6.67. The van der Waals surface area contributed by atoms with Crippen LogP contribution in [0, 0.1) is 5.92 Å². The van der Waals surface area contributed by atoms with E-state index in [0.29, 0.717) is 6.42 Å². The summed E-state index contributed by atoms with van der Waals surface area (Å²) in [6.07, 6.45) is 2.38. The van der Waals surface area contributed by atoms with Crippen LogP contribution in [0.5, 0.6) is 0 Å². The number of carbonyl (C=O) groups is 1. The van der Waals surface area contributed by atoms with Crippen LogP contribution in [0.25, 0.3) is 0 Å². The molecule has 0 aliphatic rings. The van der Waals surface area contributed by atoms with Gasteiger partial charge in [-0.3, -0.25) is 4.79 Å². The van der Waals surface area contributed by atoms with Gasteiger partial charge in [0.25, 0.3) is 0 Å². The van der Waals surface area contributed by atoms with Gasteiger partial charge in [-0.05, 0) is 25.7 Å². The smallest absolute Gasteiger partial charge is 0.238 e. The maximum absolute atomic E-state index is 11.9. The Hall–Kier alpha value is -0.620. The molecular weight excluding hydrogens is 240 g/mol. The molecule has 0 radical (unpaired) electrons. The largest absolute Gasteiger partial charge is 0.352 e. The Bertz CT molecular complexity index is 339. The van der Waals surface area contributed by atoms with Gasteiger partial charge in [0.1, 0.15) is 6.04 Å². The minimum Gasteiger partial charge on any atom is -0.352 e. The normalized spacial score (nSPS) is 15.6. The van der Waals surface area contributed by atoms with E-state index < -0.39 is 16.1 Å². The molecule has 0 spiro atoms. The average Bonchev–Trinajstić information content (AvgIpc) is 2.13. The van der Waals surface area contributed by atoms with E-state index >= 15 is 0 Å². The van der Waals surface area contributed by atoms with Crippen molar-refractivity contribution in [2.45, 2.75) is 52.6 Å². The maximum atomic E-state index is 11.9. The van der Waals surface area contributed by atoms with Gasteiger partial charge in [0.2, 0.25) is 15.9 Å². The first-order chi connectivity index (χ1) is 7.65. The van der Waals surface area contributed by atoms with E-state index in [-0.39, 0.29) is 17.9 Å². The zero-order valence-corrected chi connectivity index (χ0v) is 12.1. The number of hydrogen-bond acceptors (Lipinski definition) is 3. The molecule has 0 aliphatic carbocycles. The van der Waals surface area contributed by atoms with Gasteiger partial charge in [-0.2, -0.15) is 0 Å². The van der Waals surface area contributed by atoms with E-state index in [0.717, 1.165) is 12.7 Å². The van der Waals surface area contributed by atoms with Crippen LogP contribution in [-0.2, 0) is 14.8 Å². The SMILES string of the molecule is CC[C@H](C)NC(=O)[C@H](CC(C)C)NS(C)(=O)=O. The molecule has 102 valence electrons. The molecule has 5 nitrogen and oxygen atoms in total. The number of rotatable bonds is 7. The predicted molar refractivity (Wildman–Crippen MR) is 69.1 cm³/mol. The molecule has 0 rings (SSSR count). The molecule has 0 heterocycles. The molecule has 0 fully saturated rings. The standard InChI is InChI=1S/C11H24N2O3S/c1-6-9(4)12-11(14)10(7-8(2)3)13-17(5,15)16/h8-10,13H,6-7H2,1-5H3,(H,12,14)/t9-,10-/m0/s1. The molecule has 0 saturated heterocycles. The van der Waals surface area contributed by atoms with Gasteiger partial charge in [0.05, 0.1) is 6.26 Å². The van der Waals surface area contributed by atoms with Gasteiger partial charge in [0, 0.05) is 6.04 Å². The van der Waals surface area contributed by atoms with Crippen LogP contribution in [0.3, 0.4) is 0 Å². The second-order valence-electron chi connectivity index (χ2n) is 4.89. The summed E-state index contributed by atoms with van der Waals surface area (Å²) in [5, 5.41) is 2.79. The van der Waals surface area contributed by atoms with E-state index in [1.807, 2.05) is 27.7 Å². The molecule has 0 saturated carbocycles. The highest BCUT2D eigenvalue weighted by Crippen LogP contribution is 2.06. The minimum atomic E-state index is -3.37. The van der Waals surface area contributed by atoms with Crippen molar-refractivity contribution < 1.29 is 13.2 Å². The third kappa shape index (κ3) is 8.15. The highest BCUT2D eigenvalue weighted by Gasteiger charge is 2.23. The molecule has 6 heteroatoms. The lowest BCUT2D eigenvalue weighted by atomic mass is 10.0. The lowest BCUT2D eigenvalue weighted by molar-refractivity contribution is -0.123. The minimum absolute atomic E-state index is 0.0542. The van der Waals surface area contributed by atoms with Crippen LogP contribution in [0.4, 0.5) is 0 Å². The first-order valence-electron chi connectivity index (χ1n) is 5.93. The van der Waals surface area contributed by atoms with Crippen LogP contribution in [0.15, 0.2) is 0 Å². The Kier molecular flexibility index (Phi) is 6.70. The molecule has 0 bridgehead atoms. The van der Waals surface area contributed by atoms with Gasteiger partial charge in [0.15, 0.2) is 0 Å². The van der Waals surface area contributed by atoms with E-state index in [2.05, 4.69) is 10.0 Å². The lowest BCUT2D eigenvalue weighted by Gasteiger charge is -2.21. The van der Waals surface area contributed by atoms with Crippen molar-refractivity contribution in [1.82, 2.24) is 10.0 Å². The first-order valence-corrected chi connectivity index (χ1v) is 7.82. The predicted octanol–water partition coefficient (Wildman–Crippen LogP) is 0.865. The number of sulfonamides is 1. The van der Waals surface area contributed by atoms with Crippen LogP contribution in [0.1, 0.15) is 40.5 Å². The van der Waals surface area contributed by atoms with Crippen LogP contribution < -0.4 is 10.0 Å². The highest BCUT2D eigenvalue weighted by atomic mass is 32.2. The van der Waals surface area contributed by atoms with Crippen molar-refractivity contribution >= 4 is 15.9 Å². The molecule has 0 aromatic heterocycles. The fraction of sp³-hybridized carbons (Fsp3) is 0.909. The van der Waals surface area contributed by atoms with Crippen LogP contribution in [0.2, 0.25) is 0 Å². The van der Waals surface area contributed by atoms with Crippen molar-refractivity contribution in [1.29, 1.82) is 0 Å². The summed E-state index contributed by atoms with van der Waals surface area (Å²) >= 11 is 0. The molecule has 0 aliphatic heterocycles. The highest BCUT2D eigenvalue weighted by molar-refractivity contribution is 7.88. The summed E-state index contributed by atoms with van der Waals surface area (Å²) in [5.41, 5.74) is 0. The van der Waals surface area contributed by atoms with Crippen LogP contribution >= 0.6 is 0 Å². The number of amides is 1. The molecule has 0 aromatic rings. The molecule has 2 N–H and O–H groups in total. The molecule has 0 unspecified atom stereocenters. The molecule has 2 atom stereocenters. The van der Waals surface area contributed by atoms with Gasteiger partial charge in [-0.1, -0.05) is 20.8 Å². The lowest BCUT2D eigenvalue weighted by Crippen LogP contribution is -2.49. The first kappa shape index (κ1) is 16.4. The fourth-order valence-electron chi connectivity index (χ4n) is 1.38. The van der Waals surface area contributed by atoms with Crippen LogP contribution in [-0.4, -0.2) is 32.7 Å². The Morgan fingerprint density at radius 1 is 1.24 bits per heavy atom. The summed E-state index contributed by atoms with van der Waals surface area (Å²) in [6, 6.07) is -0.627.